The molecule has 12 heavy (non-hydrogen) atoms. The molecule has 0 aliphatic rings. The van der Waals surface area contributed by atoms with Crippen molar-refractivity contribution < 1.29 is 17.5 Å². The number of phenols is 1. The number of phenolic OH excluding ortho intramolecular Hbond substituents is 1. The third-order valence-electron chi connectivity index (χ3n) is 1.25. The van der Waals surface area contributed by atoms with Gasteiger partial charge in [-0.1, -0.05) is 0 Å². The van der Waals surface area contributed by atoms with Crippen LogP contribution in [-0.2, 0) is 14.1 Å². The van der Waals surface area contributed by atoms with Crippen LogP contribution in [0.5, 0.6) is 5.75 Å². The van der Waals surface area contributed by atoms with Crippen LogP contribution >= 0.6 is 9.47 Å². The summed E-state index contributed by atoms with van der Waals surface area (Å²) in [5.74, 6) is 0.0118. The lowest BCUT2D eigenvalue weighted by Gasteiger charge is -1.99. The van der Waals surface area contributed by atoms with E-state index in [2.05, 4.69) is 3.97 Å². The first-order valence-corrected chi connectivity index (χ1v) is 4.86. The van der Waals surface area contributed by atoms with Crippen LogP contribution in [0.25, 0.3) is 0 Å². The van der Waals surface area contributed by atoms with Crippen LogP contribution in [0.15, 0.2) is 29.2 Å². The summed E-state index contributed by atoms with van der Waals surface area (Å²) in [6, 6.07) is 5.07. The van der Waals surface area contributed by atoms with E-state index >= 15 is 0 Å². The average Bonchev–Trinajstić information content (AvgIpc) is 2.05. The van der Waals surface area contributed by atoms with Crippen molar-refractivity contribution in [3.8, 4) is 5.75 Å². The minimum atomic E-state index is -3.66. The Morgan fingerprint density at radius 3 is 2.17 bits per heavy atom. The minimum Gasteiger partial charge on any atom is -0.508 e. The number of hydrogen-bond donors (Lipinski definition) is 1. The monoisotopic (exact) mass is 206 g/mol. The Balaban J connectivity index is 3.14. The molecule has 0 aliphatic carbocycles. The van der Waals surface area contributed by atoms with Gasteiger partial charge in [-0.25, -0.2) is 0 Å². The van der Waals surface area contributed by atoms with Crippen LogP contribution in [0.2, 0.25) is 0 Å². The van der Waals surface area contributed by atoms with Crippen molar-refractivity contribution in [2.24, 2.45) is 0 Å². The molecule has 6 heteroatoms. The Morgan fingerprint density at radius 2 is 1.75 bits per heavy atom. The highest BCUT2D eigenvalue weighted by Crippen LogP contribution is 2.17. The summed E-state index contributed by atoms with van der Waals surface area (Å²) in [5.41, 5.74) is 0. The van der Waals surface area contributed by atoms with Crippen LogP contribution in [-0.4, -0.2) is 13.5 Å². The largest absolute Gasteiger partial charge is 0.508 e. The Labute approximate surface area is 72.6 Å². The normalized spacial score (nSPS) is 11.4. The van der Waals surface area contributed by atoms with E-state index in [1.54, 1.807) is 9.47 Å². The lowest BCUT2D eigenvalue weighted by atomic mass is 10.3. The molecule has 66 valence electrons. The second-order valence-corrected chi connectivity index (χ2v) is 4.19. The first kappa shape index (κ1) is 9.45. The van der Waals surface area contributed by atoms with Crippen molar-refractivity contribution in [2.75, 3.05) is 0 Å². The Kier molecular flexibility index (Phi) is 2.67. The van der Waals surface area contributed by atoms with Crippen LogP contribution in [0.4, 0.5) is 0 Å². The summed E-state index contributed by atoms with van der Waals surface area (Å²) >= 11 is 0. The maximum absolute atomic E-state index is 11.0. The number of hydrogen-bond acceptors (Lipinski definition) is 4. The summed E-state index contributed by atoms with van der Waals surface area (Å²) < 4.78 is 26.1. The number of aromatic hydroxyl groups is 1. The van der Waals surface area contributed by atoms with E-state index in [9.17, 15) is 8.42 Å². The summed E-state index contributed by atoms with van der Waals surface area (Å²) in [5, 5.41) is 8.85. The highest BCUT2D eigenvalue weighted by Gasteiger charge is 2.11. The van der Waals surface area contributed by atoms with Gasteiger partial charge in [0.1, 0.15) is 5.75 Å². The highest BCUT2D eigenvalue weighted by molar-refractivity contribution is 7.88. The predicted molar refractivity (Wildman–Crippen MR) is 46.1 cm³/mol. The SMILES string of the molecule is O=S(=O)(OP)c1ccc(O)cc1. The zero-order chi connectivity index (χ0) is 9.19. The van der Waals surface area contributed by atoms with Crippen LogP contribution < -0.4 is 0 Å². The smallest absolute Gasteiger partial charge is 0.299 e. The predicted octanol–water partition coefficient (Wildman–Crippen LogP) is 0.888. The lowest BCUT2D eigenvalue weighted by Crippen LogP contribution is -1.98. The molecule has 0 bridgehead atoms. The van der Waals surface area contributed by atoms with Crippen LogP contribution in [0.1, 0.15) is 0 Å². The fraction of sp³-hybridized carbons (Fsp3) is 0. The molecule has 1 aromatic rings. The quantitative estimate of drug-likeness (QED) is 0.730. The van der Waals surface area contributed by atoms with Crippen LogP contribution in [0, 0.1) is 0 Å². The van der Waals surface area contributed by atoms with Gasteiger partial charge < -0.3 is 5.11 Å². The molecule has 4 nitrogen and oxygen atoms in total. The van der Waals surface area contributed by atoms with E-state index in [0.717, 1.165) is 0 Å². The third-order valence-corrected chi connectivity index (χ3v) is 3.12. The fourth-order valence-corrected chi connectivity index (χ4v) is 1.58. The van der Waals surface area contributed by atoms with Gasteiger partial charge in [0.25, 0.3) is 10.1 Å². The average molecular weight is 206 g/mol. The standard InChI is InChI=1S/C6H7O4PS/c7-5-1-3-6(4-2-5)12(8,9)10-11/h1-4,7H,11H2. The van der Waals surface area contributed by atoms with Gasteiger partial charge in [0.2, 0.25) is 0 Å². The van der Waals surface area contributed by atoms with Gasteiger partial charge in [-0.15, -0.1) is 0 Å². The highest BCUT2D eigenvalue weighted by atomic mass is 32.2. The van der Waals surface area contributed by atoms with Crippen molar-refractivity contribution >= 4 is 19.6 Å². The van der Waals surface area contributed by atoms with E-state index in [0.29, 0.717) is 0 Å². The molecule has 1 aromatic carbocycles. The summed E-state index contributed by atoms with van der Waals surface area (Å²) in [4.78, 5) is 0.00954. The first-order valence-electron chi connectivity index (χ1n) is 2.98. The maximum atomic E-state index is 11.0. The Hall–Kier alpha value is -0.640. The first-order chi connectivity index (χ1) is 5.56. The summed E-state index contributed by atoms with van der Waals surface area (Å²) in [6.45, 7) is 0. The zero-order valence-electron chi connectivity index (χ0n) is 5.97. The van der Waals surface area contributed by atoms with E-state index in [-0.39, 0.29) is 10.6 Å². The fourth-order valence-electron chi connectivity index (χ4n) is 0.668. The van der Waals surface area contributed by atoms with Gasteiger partial charge in [0.05, 0.1) is 4.90 Å². The molecule has 0 saturated heterocycles. The van der Waals surface area contributed by atoms with E-state index < -0.39 is 10.1 Å². The van der Waals surface area contributed by atoms with Crippen molar-refractivity contribution in [3.63, 3.8) is 0 Å². The molecule has 0 aliphatic heterocycles. The molecule has 0 heterocycles. The molecule has 0 fully saturated rings. The zero-order valence-corrected chi connectivity index (χ0v) is 7.94. The number of rotatable bonds is 2. The van der Waals surface area contributed by atoms with Gasteiger partial charge >= 0.3 is 0 Å². The topological polar surface area (TPSA) is 63.6 Å². The molecule has 1 atom stereocenters. The summed E-state index contributed by atoms with van der Waals surface area (Å²) in [6.07, 6.45) is 0. The molecule has 0 amide bonds. The third kappa shape index (κ3) is 1.94. The van der Waals surface area contributed by atoms with Crippen molar-refractivity contribution in [1.29, 1.82) is 0 Å². The van der Waals surface area contributed by atoms with E-state index in [1.807, 2.05) is 0 Å². The summed E-state index contributed by atoms with van der Waals surface area (Å²) in [7, 11) is -2.00. The Bertz CT molecular complexity index is 356. The molecule has 1 unspecified atom stereocenters. The van der Waals surface area contributed by atoms with Crippen molar-refractivity contribution in [3.05, 3.63) is 24.3 Å². The minimum absolute atomic E-state index is 0.00954. The van der Waals surface area contributed by atoms with Gasteiger partial charge in [-0.3, -0.25) is 3.97 Å². The second kappa shape index (κ2) is 3.39. The molecular formula is C6H7O4PS. The van der Waals surface area contributed by atoms with Crippen LogP contribution in [0.3, 0.4) is 0 Å². The molecule has 1 rings (SSSR count). The number of benzene rings is 1. The van der Waals surface area contributed by atoms with Gasteiger partial charge in [-0.2, -0.15) is 8.42 Å². The second-order valence-electron chi connectivity index (χ2n) is 2.04. The molecule has 1 N–H and O–H groups in total. The molecule has 0 spiro atoms. The van der Waals surface area contributed by atoms with E-state index in [4.69, 9.17) is 5.11 Å². The van der Waals surface area contributed by atoms with Gasteiger partial charge in [0.15, 0.2) is 0 Å². The van der Waals surface area contributed by atoms with E-state index in [1.165, 1.54) is 24.3 Å². The van der Waals surface area contributed by atoms with Gasteiger partial charge in [0, 0.05) is 9.47 Å². The van der Waals surface area contributed by atoms with Crippen molar-refractivity contribution in [1.82, 2.24) is 0 Å². The lowest BCUT2D eigenvalue weighted by molar-refractivity contribution is 0.474. The molecule has 0 aromatic heterocycles. The van der Waals surface area contributed by atoms with Crippen molar-refractivity contribution in [2.45, 2.75) is 4.90 Å². The van der Waals surface area contributed by atoms with Gasteiger partial charge in [-0.05, 0) is 24.3 Å². The molecular weight excluding hydrogens is 199 g/mol. The molecule has 0 radical (unpaired) electrons. The Morgan fingerprint density at radius 1 is 1.25 bits per heavy atom. The molecule has 0 saturated carbocycles. The maximum Gasteiger partial charge on any atom is 0.299 e.